The van der Waals surface area contributed by atoms with Crippen molar-refractivity contribution in [1.29, 1.82) is 0 Å². The van der Waals surface area contributed by atoms with Crippen LogP contribution in [0.5, 0.6) is 5.75 Å². The van der Waals surface area contributed by atoms with Crippen molar-refractivity contribution in [3.05, 3.63) is 58.4 Å². The molecule has 2 aromatic carbocycles. The van der Waals surface area contributed by atoms with Crippen molar-refractivity contribution in [3.63, 3.8) is 0 Å². The van der Waals surface area contributed by atoms with Gasteiger partial charge in [-0.1, -0.05) is 35.3 Å². The van der Waals surface area contributed by atoms with Crippen LogP contribution >= 0.6 is 23.2 Å². The number of nitrogens with zero attached hydrogens (tertiary/aromatic N) is 2. The van der Waals surface area contributed by atoms with E-state index in [1.165, 1.54) is 0 Å². The zero-order valence-electron chi connectivity index (χ0n) is 14.0. The number of halogens is 2. The van der Waals surface area contributed by atoms with Crippen molar-refractivity contribution in [3.8, 4) is 17.2 Å². The van der Waals surface area contributed by atoms with Gasteiger partial charge in [-0.05, 0) is 30.3 Å². The molecule has 0 spiro atoms. The fraction of sp³-hybridized carbons (Fsp3) is 0.222. The average molecular weight is 394 g/mol. The van der Waals surface area contributed by atoms with E-state index in [2.05, 4.69) is 15.5 Å². The topological polar surface area (TPSA) is 69.4 Å². The first-order valence-corrected chi connectivity index (χ1v) is 8.65. The van der Waals surface area contributed by atoms with Crippen LogP contribution in [0.3, 0.4) is 0 Å². The van der Waals surface area contributed by atoms with Crippen LogP contribution in [0.25, 0.3) is 11.5 Å². The van der Waals surface area contributed by atoms with Crippen LogP contribution in [0.2, 0.25) is 10.0 Å². The van der Waals surface area contributed by atoms with Crippen LogP contribution in [0.1, 0.15) is 5.89 Å². The highest BCUT2D eigenvalue weighted by Crippen LogP contribution is 2.33. The Labute approximate surface area is 161 Å². The van der Waals surface area contributed by atoms with E-state index in [0.29, 0.717) is 47.3 Å². The van der Waals surface area contributed by atoms with E-state index in [1.54, 1.807) is 25.3 Å². The molecule has 0 saturated carbocycles. The molecule has 0 fully saturated rings. The minimum atomic E-state index is 0.328. The largest absolute Gasteiger partial charge is 0.487 e. The second-order valence-electron chi connectivity index (χ2n) is 5.32. The smallest absolute Gasteiger partial charge is 0.247 e. The van der Waals surface area contributed by atoms with Gasteiger partial charge in [0.1, 0.15) is 6.61 Å². The lowest BCUT2D eigenvalue weighted by atomic mass is 10.2. The molecule has 8 heteroatoms. The summed E-state index contributed by atoms with van der Waals surface area (Å²) in [5, 5.41) is 12.4. The van der Waals surface area contributed by atoms with E-state index >= 15 is 0 Å². The summed E-state index contributed by atoms with van der Waals surface area (Å²) in [5.41, 5.74) is 1.50. The monoisotopic (exact) mass is 393 g/mol. The Morgan fingerprint density at radius 3 is 2.73 bits per heavy atom. The quantitative estimate of drug-likeness (QED) is 0.560. The number of para-hydroxylation sites is 1. The molecule has 26 heavy (non-hydrogen) atoms. The fourth-order valence-corrected chi connectivity index (χ4v) is 2.68. The number of benzene rings is 2. The van der Waals surface area contributed by atoms with Crippen LogP contribution in [0, 0.1) is 0 Å². The summed E-state index contributed by atoms with van der Waals surface area (Å²) in [6, 6.07) is 12.7. The maximum absolute atomic E-state index is 6.22. The molecule has 0 radical (unpaired) electrons. The average Bonchev–Trinajstić information content (AvgIpc) is 3.11. The van der Waals surface area contributed by atoms with E-state index in [4.69, 9.17) is 37.1 Å². The van der Waals surface area contributed by atoms with Gasteiger partial charge >= 0.3 is 0 Å². The van der Waals surface area contributed by atoms with Crippen molar-refractivity contribution in [1.82, 2.24) is 10.2 Å². The molecule has 6 nitrogen and oxygen atoms in total. The van der Waals surface area contributed by atoms with Crippen molar-refractivity contribution in [2.45, 2.75) is 6.54 Å². The molecule has 0 aliphatic carbocycles. The number of ether oxygens (including phenoxy) is 2. The standard InChI is InChI=1S/C18H17Cl2N3O3/c1-24-8-9-25-17-14(20)6-3-7-15(17)21-11-16-22-23-18(26-16)12-4-2-5-13(19)10-12/h2-7,10,21H,8-9,11H2,1H3. The molecule has 0 bridgehead atoms. The summed E-state index contributed by atoms with van der Waals surface area (Å²) < 4.78 is 16.4. The van der Waals surface area contributed by atoms with E-state index in [9.17, 15) is 0 Å². The summed E-state index contributed by atoms with van der Waals surface area (Å²) in [6.45, 7) is 1.19. The van der Waals surface area contributed by atoms with Crippen molar-refractivity contribution >= 4 is 28.9 Å². The van der Waals surface area contributed by atoms with Gasteiger partial charge in [0.25, 0.3) is 0 Å². The van der Waals surface area contributed by atoms with Crippen LogP contribution in [-0.2, 0) is 11.3 Å². The lowest BCUT2D eigenvalue weighted by Gasteiger charge is -2.13. The summed E-state index contributed by atoms with van der Waals surface area (Å²) in [4.78, 5) is 0. The molecule has 0 aliphatic heterocycles. The summed E-state index contributed by atoms with van der Waals surface area (Å²) in [7, 11) is 1.61. The SMILES string of the molecule is COCCOc1c(Cl)cccc1NCc1nnc(-c2cccc(Cl)c2)o1. The molecule has 1 heterocycles. The van der Waals surface area contributed by atoms with E-state index in [-0.39, 0.29) is 0 Å². The Bertz CT molecular complexity index is 870. The molecule has 0 saturated heterocycles. The Balaban J connectivity index is 1.69. The van der Waals surface area contributed by atoms with Crippen LogP contribution in [0.15, 0.2) is 46.9 Å². The molecule has 1 aromatic heterocycles. The molecule has 0 unspecified atom stereocenters. The van der Waals surface area contributed by atoms with Gasteiger partial charge in [0.05, 0.1) is 23.9 Å². The molecule has 3 aromatic rings. The van der Waals surface area contributed by atoms with Crippen LogP contribution < -0.4 is 10.1 Å². The normalized spacial score (nSPS) is 10.7. The van der Waals surface area contributed by atoms with Gasteiger partial charge in [-0.15, -0.1) is 10.2 Å². The molecule has 3 rings (SSSR count). The third kappa shape index (κ3) is 4.66. The van der Waals surface area contributed by atoms with E-state index in [1.807, 2.05) is 24.3 Å². The van der Waals surface area contributed by atoms with Crippen molar-refractivity contribution in [2.24, 2.45) is 0 Å². The molecule has 1 N–H and O–H groups in total. The summed E-state index contributed by atoms with van der Waals surface area (Å²) in [6.07, 6.45) is 0. The minimum absolute atomic E-state index is 0.328. The number of aromatic nitrogens is 2. The molecule has 0 atom stereocenters. The Hall–Kier alpha value is -2.28. The molecular weight excluding hydrogens is 377 g/mol. The van der Waals surface area contributed by atoms with Gasteiger partial charge in [-0.25, -0.2) is 0 Å². The predicted molar refractivity (Wildman–Crippen MR) is 101 cm³/mol. The number of methoxy groups -OCH3 is 1. The van der Waals surface area contributed by atoms with Gasteiger partial charge in [-0.3, -0.25) is 0 Å². The number of hydrogen-bond acceptors (Lipinski definition) is 6. The van der Waals surface area contributed by atoms with Gasteiger partial charge in [-0.2, -0.15) is 0 Å². The third-order valence-corrected chi connectivity index (χ3v) is 4.00. The van der Waals surface area contributed by atoms with Gasteiger partial charge < -0.3 is 19.2 Å². The molecule has 0 aliphatic rings. The maximum atomic E-state index is 6.22. The van der Waals surface area contributed by atoms with Crippen LogP contribution in [-0.4, -0.2) is 30.5 Å². The zero-order valence-corrected chi connectivity index (χ0v) is 15.5. The summed E-state index contributed by atoms with van der Waals surface area (Å²) >= 11 is 12.2. The molecular formula is C18H17Cl2N3O3. The van der Waals surface area contributed by atoms with Crippen molar-refractivity contribution in [2.75, 3.05) is 25.6 Å². The van der Waals surface area contributed by atoms with Crippen molar-refractivity contribution < 1.29 is 13.9 Å². The van der Waals surface area contributed by atoms with Crippen LogP contribution in [0.4, 0.5) is 5.69 Å². The highest BCUT2D eigenvalue weighted by molar-refractivity contribution is 6.32. The lowest BCUT2D eigenvalue weighted by Crippen LogP contribution is -2.08. The van der Waals surface area contributed by atoms with Gasteiger partial charge in [0, 0.05) is 17.7 Å². The lowest BCUT2D eigenvalue weighted by molar-refractivity contribution is 0.146. The Morgan fingerprint density at radius 1 is 1.08 bits per heavy atom. The third-order valence-electron chi connectivity index (χ3n) is 3.47. The van der Waals surface area contributed by atoms with Gasteiger partial charge in [0.15, 0.2) is 5.75 Å². The Kier molecular flexibility index (Phi) is 6.33. The van der Waals surface area contributed by atoms with E-state index < -0.39 is 0 Å². The first-order chi connectivity index (χ1) is 12.7. The molecule has 0 amide bonds. The van der Waals surface area contributed by atoms with Gasteiger partial charge in [0.2, 0.25) is 11.8 Å². The highest BCUT2D eigenvalue weighted by Gasteiger charge is 2.12. The number of hydrogen-bond donors (Lipinski definition) is 1. The Morgan fingerprint density at radius 2 is 1.92 bits per heavy atom. The minimum Gasteiger partial charge on any atom is -0.487 e. The zero-order chi connectivity index (χ0) is 18.4. The van der Waals surface area contributed by atoms with E-state index in [0.717, 1.165) is 11.3 Å². The second kappa shape index (κ2) is 8.89. The number of nitrogens with one attached hydrogen (secondary N) is 1. The highest BCUT2D eigenvalue weighted by atomic mass is 35.5. The fourth-order valence-electron chi connectivity index (χ4n) is 2.26. The predicted octanol–water partition coefficient (Wildman–Crippen LogP) is 4.68. The molecule has 136 valence electrons. The number of rotatable bonds is 8. The number of anilines is 1. The first-order valence-electron chi connectivity index (χ1n) is 7.90. The maximum Gasteiger partial charge on any atom is 0.247 e. The first kappa shape index (κ1) is 18.5. The second-order valence-corrected chi connectivity index (χ2v) is 6.17. The summed E-state index contributed by atoms with van der Waals surface area (Å²) in [5.74, 6) is 1.40.